The lowest BCUT2D eigenvalue weighted by Gasteiger charge is -2.39. The van der Waals surface area contributed by atoms with Crippen LogP contribution in [0.5, 0.6) is 0 Å². The number of hydrogen-bond donors (Lipinski definition) is 1. The number of nitrogens with zero attached hydrogens (tertiary/aromatic N) is 1. The molecule has 0 spiro atoms. The minimum atomic E-state index is -0.759. The standard InChI is InChI=1S/C15H18Cl2FNO2/c1-9(10-7-13(18)12(17)8-11(10)16)19-5-3-15(2,4-6-19)14(20)21/h7-9H,3-6H2,1-2H3,(H,20,21). The summed E-state index contributed by atoms with van der Waals surface area (Å²) in [6, 6.07) is 2.69. The Kier molecular flexibility index (Phi) is 4.81. The predicted molar refractivity (Wildman–Crippen MR) is 81.4 cm³/mol. The fourth-order valence-corrected chi connectivity index (χ4v) is 3.21. The molecule has 0 amide bonds. The van der Waals surface area contributed by atoms with Crippen molar-refractivity contribution < 1.29 is 14.3 Å². The number of piperidine rings is 1. The van der Waals surface area contributed by atoms with E-state index in [2.05, 4.69) is 4.90 Å². The van der Waals surface area contributed by atoms with Crippen molar-refractivity contribution in [2.24, 2.45) is 5.41 Å². The number of benzene rings is 1. The summed E-state index contributed by atoms with van der Waals surface area (Å²) in [5.74, 6) is -1.25. The van der Waals surface area contributed by atoms with Crippen LogP contribution in [0, 0.1) is 11.2 Å². The van der Waals surface area contributed by atoms with E-state index < -0.39 is 17.2 Å². The molecule has 0 radical (unpaired) electrons. The third-order valence-corrected chi connectivity index (χ3v) is 5.07. The second-order valence-corrected chi connectivity index (χ2v) is 6.68. The van der Waals surface area contributed by atoms with E-state index >= 15 is 0 Å². The summed E-state index contributed by atoms with van der Waals surface area (Å²) < 4.78 is 13.6. The molecule has 1 N–H and O–H groups in total. The minimum Gasteiger partial charge on any atom is -0.481 e. The lowest BCUT2D eigenvalue weighted by atomic mass is 9.80. The van der Waals surface area contributed by atoms with Crippen LogP contribution in [0.1, 0.15) is 38.3 Å². The van der Waals surface area contributed by atoms with E-state index in [1.54, 1.807) is 6.92 Å². The maximum atomic E-state index is 13.6. The quantitative estimate of drug-likeness (QED) is 0.834. The highest BCUT2D eigenvalue weighted by Gasteiger charge is 2.38. The van der Waals surface area contributed by atoms with E-state index in [0.717, 1.165) is 0 Å². The van der Waals surface area contributed by atoms with Gasteiger partial charge in [0.05, 0.1) is 10.4 Å². The van der Waals surface area contributed by atoms with Gasteiger partial charge in [-0.1, -0.05) is 23.2 Å². The molecule has 1 aliphatic rings. The van der Waals surface area contributed by atoms with Crippen molar-refractivity contribution in [1.82, 2.24) is 4.90 Å². The van der Waals surface area contributed by atoms with E-state index in [-0.39, 0.29) is 11.1 Å². The van der Waals surface area contributed by atoms with E-state index in [4.69, 9.17) is 23.2 Å². The molecule has 1 heterocycles. The zero-order chi connectivity index (χ0) is 15.8. The van der Waals surface area contributed by atoms with Gasteiger partial charge in [0.15, 0.2) is 0 Å². The zero-order valence-corrected chi connectivity index (χ0v) is 13.5. The van der Waals surface area contributed by atoms with E-state index in [0.29, 0.717) is 36.5 Å². The highest BCUT2D eigenvalue weighted by Crippen LogP contribution is 2.37. The monoisotopic (exact) mass is 333 g/mol. The first-order valence-electron chi connectivity index (χ1n) is 6.86. The summed E-state index contributed by atoms with van der Waals surface area (Å²) >= 11 is 11.9. The van der Waals surface area contributed by atoms with Gasteiger partial charge in [0.25, 0.3) is 0 Å². The molecule has 1 saturated heterocycles. The third-order valence-electron chi connectivity index (χ3n) is 4.46. The molecule has 6 heteroatoms. The van der Waals surface area contributed by atoms with Crippen LogP contribution in [0.25, 0.3) is 0 Å². The Balaban J connectivity index is 2.14. The molecule has 21 heavy (non-hydrogen) atoms. The lowest BCUT2D eigenvalue weighted by Crippen LogP contribution is -2.43. The Hall–Kier alpha value is -0.840. The minimum absolute atomic E-state index is 0.00745. The van der Waals surface area contributed by atoms with Crippen LogP contribution in [0.15, 0.2) is 12.1 Å². The first-order chi connectivity index (χ1) is 9.74. The molecular weight excluding hydrogens is 316 g/mol. The van der Waals surface area contributed by atoms with Gasteiger partial charge in [-0.05, 0) is 57.5 Å². The van der Waals surface area contributed by atoms with Crippen molar-refractivity contribution in [2.75, 3.05) is 13.1 Å². The molecule has 3 nitrogen and oxygen atoms in total. The first-order valence-corrected chi connectivity index (χ1v) is 7.62. The van der Waals surface area contributed by atoms with E-state index in [1.807, 2.05) is 6.92 Å². The maximum Gasteiger partial charge on any atom is 0.309 e. The van der Waals surface area contributed by atoms with Gasteiger partial charge in [0.2, 0.25) is 0 Å². The molecule has 0 aliphatic carbocycles. The van der Waals surface area contributed by atoms with Crippen molar-refractivity contribution >= 4 is 29.2 Å². The number of halogens is 3. The number of carbonyl (C=O) groups is 1. The molecule has 1 aliphatic heterocycles. The average Bonchev–Trinajstić information content (AvgIpc) is 2.43. The van der Waals surface area contributed by atoms with Crippen LogP contribution in [0.4, 0.5) is 4.39 Å². The predicted octanol–water partition coefficient (Wildman–Crippen LogP) is 4.38. The Morgan fingerprint density at radius 3 is 2.43 bits per heavy atom. The lowest BCUT2D eigenvalue weighted by molar-refractivity contribution is -0.151. The second-order valence-electron chi connectivity index (χ2n) is 5.87. The molecule has 1 fully saturated rings. The topological polar surface area (TPSA) is 40.5 Å². The van der Waals surface area contributed by atoms with E-state index in [9.17, 15) is 14.3 Å². The fraction of sp³-hybridized carbons (Fsp3) is 0.533. The Bertz CT molecular complexity index is 557. The molecule has 1 aromatic rings. The van der Waals surface area contributed by atoms with Crippen molar-refractivity contribution in [3.63, 3.8) is 0 Å². The second kappa shape index (κ2) is 6.11. The number of likely N-dealkylation sites (tertiary alicyclic amines) is 1. The first kappa shape index (κ1) is 16.5. The summed E-state index contributed by atoms with van der Waals surface area (Å²) in [6.07, 6.45) is 1.14. The molecule has 0 aromatic heterocycles. The molecule has 1 unspecified atom stereocenters. The van der Waals surface area contributed by atoms with Gasteiger partial charge in [0, 0.05) is 11.1 Å². The van der Waals surface area contributed by atoms with E-state index in [1.165, 1.54) is 12.1 Å². The van der Waals surface area contributed by atoms with Crippen LogP contribution in [-0.2, 0) is 4.79 Å². The smallest absolute Gasteiger partial charge is 0.309 e. The Labute approximate surface area is 133 Å². The number of carboxylic acids is 1. The maximum absolute atomic E-state index is 13.6. The Morgan fingerprint density at radius 1 is 1.33 bits per heavy atom. The van der Waals surface area contributed by atoms with Gasteiger partial charge < -0.3 is 5.11 Å². The summed E-state index contributed by atoms with van der Waals surface area (Å²) in [5.41, 5.74) is 0.00290. The van der Waals surface area contributed by atoms with Gasteiger partial charge in [-0.25, -0.2) is 4.39 Å². The van der Waals surface area contributed by atoms with Gasteiger partial charge in [-0.15, -0.1) is 0 Å². The SMILES string of the molecule is CC(c1cc(F)c(Cl)cc1Cl)N1CCC(C)(C(=O)O)CC1. The van der Waals surface area contributed by atoms with Crippen LogP contribution >= 0.6 is 23.2 Å². The molecule has 0 saturated carbocycles. The molecule has 2 rings (SSSR count). The summed E-state index contributed by atoms with van der Waals surface area (Å²) in [4.78, 5) is 13.4. The largest absolute Gasteiger partial charge is 0.481 e. The highest BCUT2D eigenvalue weighted by atomic mass is 35.5. The number of rotatable bonds is 3. The number of carboxylic acid groups (broad SMARTS) is 1. The normalized spacial score (nSPS) is 20.2. The number of aliphatic carboxylic acids is 1. The molecule has 0 bridgehead atoms. The van der Waals surface area contributed by atoms with Gasteiger partial charge in [-0.3, -0.25) is 9.69 Å². The molecule has 1 atom stereocenters. The van der Waals surface area contributed by atoms with Crippen LogP contribution in [0.2, 0.25) is 10.0 Å². The average molecular weight is 334 g/mol. The number of hydrogen-bond acceptors (Lipinski definition) is 2. The van der Waals surface area contributed by atoms with Crippen molar-refractivity contribution in [3.8, 4) is 0 Å². The molecular formula is C15H18Cl2FNO2. The zero-order valence-electron chi connectivity index (χ0n) is 12.0. The van der Waals surface area contributed by atoms with Gasteiger partial charge in [-0.2, -0.15) is 0 Å². The van der Waals surface area contributed by atoms with Crippen LogP contribution in [0.3, 0.4) is 0 Å². The van der Waals surface area contributed by atoms with Gasteiger partial charge >= 0.3 is 5.97 Å². The third kappa shape index (κ3) is 3.33. The van der Waals surface area contributed by atoms with Crippen molar-refractivity contribution in [3.05, 3.63) is 33.6 Å². The summed E-state index contributed by atoms with van der Waals surface area (Å²) in [6.45, 7) is 5.00. The van der Waals surface area contributed by atoms with Gasteiger partial charge in [0.1, 0.15) is 5.82 Å². The van der Waals surface area contributed by atoms with Crippen LogP contribution in [-0.4, -0.2) is 29.1 Å². The molecule has 1 aromatic carbocycles. The molecule has 116 valence electrons. The van der Waals surface area contributed by atoms with Crippen molar-refractivity contribution in [1.29, 1.82) is 0 Å². The Morgan fingerprint density at radius 2 is 1.90 bits per heavy atom. The summed E-state index contributed by atoms with van der Waals surface area (Å²) in [7, 11) is 0. The fourth-order valence-electron chi connectivity index (χ4n) is 2.67. The van der Waals surface area contributed by atoms with Crippen LogP contribution < -0.4 is 0 Å². The highest BCUT2D eigenvalue weighted by molar-refractivity contribution is 6.35. The van der Waals surface area contributed by atoms with Crippen molar-refractivity contribution in [2.45, 2.75) is 32.7 Å². The summed E-state index contributed by atoms with van der Waals surface area (Å²) in [5, 5.41) is 9.69.